The van der Waals surface area contributed by atoms with Gasteiger partial charge in [-0.15, -0.1) is 11.8 Å². The van der Waals surface area contributed by atoms with E-state index in [0.29, 0.717) is 25.4 Å². The van der Waals surface area contributed by atoms with Gasteiger partial charge in [0.15, 0.2) is 11.5 Å². The fourth-order valence-corrected chi connectivity index (χ4v) is 4.50. The highest BCUT2D eigenvalue weighted by atomic mass is 32.2. The summed E-state index contributed by atoms with van der Waals surface area (Å²) in [5.74, 6) is 3.10. The van der Waals surface area contributed by atoms with Crippen molar-refractivity contribution in [1.29, 1.82) is 0 Å². The van der Waals surface area contributed by atoms with Crippen molar-refractivity contribution in [2.45, 2.75) is 17.4 Å². The number of carbonyl (C=O) groups is 1. The van der Waals surface area contributed by atoms with Crippen molar-refractivity contribution in [3.05, 3.63) is 72.2 Å². The molecular formula is C24H22N2O5S. The Hall–Kier alpha value is -3.39. The van der Waals surface area contributed by atoms with E-state index >= 15 is 0 Å². The van der Waals surface area contributed by atoms with E-state index in [2.05, 4.69) is 5.10 Å². The second kappa shape index (κ2) is 9.00. The number of fused-ring (bicyclic) bond motifs is 1. The number of ether oxygens (including phenoxy) is 3. The number of furan rings is 1. The highest BCUT2D eigenvalue weighted by molar-refractivity contribution is 8.00. The van der Waals surface area contributed by atoms with E-state index in [1.54, 1.807) is 18.4 Å². The number of hydrogen-bond acceptors (Lipinski definition) is 7. The highest BCUT2D eigenvalue weighted by Gasteiger charge is 2.34. The van der Waals surface area contributed by atoms with Crippen LogP contribution in [0.25, 0.3) is 0 Å². The Kier molecular flexibility index (Phi) is 5.77. The minimum absolute atomic E-state index is 0.0881. The zero-order valence-corrected chi connectivity index (χ0v) is 18.3. The zero-order valence-electron chi connectivity index (χ0n) is 17.5. The Bertz CT molecular complexity index is 1130. The molecule has 1 aromatic heterocycles. The number of benzene rings is 2. The molecule has 0 unspecified atom stereocenters. The van der Waals surface area contributed by atoms with Crippen LogP contribution < -0.4 is 14.2 Å². The summed E-state index contributed by atoms with van der Waals surface area (Å²) < 4.78 is 22.1. The summed E-state index contributed by atoms with van der Waals surface area (Å²) in [7, 11) is 1.63. The summed E-state index contributed by atoms with van der Waals surface area (Å²) in [6.45, 7) is 1.08. The molecule has 0 aliphatic carbocycles. The minimum Gasteiger partial charge on any atom is -0.497 e. The van der Waals surface area contributed by atoms with Crippen LogP contribution in [0.1, 0.15) is 23.8 Å². The zero-order chi connectivity index (χ0) is 21.9. The Morgan fingerprint density at radius 3 is 2.69 bits per heavy atom. The van der Waals surface area contributed by atoms with Gasteiger partial charge in [0.25, 0.3) is 5.91 Å². The van der Waals surface area contributed by atoms with E-state index in [9.17, 15) is 4.79 Å². The molecule has 0 bridgehead atoms. The first-order chi connectivity index (χ1) is 15.7. The lowest BCUT2D eigenvalue weighted by atomic mass is 10.0. The molecule has 32 heavy (non-hydrogen) atoms. The maximum Gasteiger partial charge on any atom is 0.253 e. The summed E-state index contributed by atoms with van der Waals surface area (Å²) in [5, 5.41) is 6.22. The molecule has 8 heteroatoms. The summed E-state index contributed by atoms with van der Waals surface area (Å²) >= 11 is 1.45. The average molecular weight is 451 g/mol. The van der Waals surface area contributed by atoms with Crippen LogP contribution in [0.3, 0.4) is 0 Å². The van der Waals surface area contributed by atoms with Crippen molar-refractivity contribution in [3.63, 3.8) is 0 Å². The van der Waals surface area contributed by atoms with Crippen LogP contribution in [0.4, 0.5) is 0 Å². The van der Waals surface area contributed by atoms with Crippen molar-refractivity contribution in [2.24, 2.45) is 5.10 Å². The summed E-state index contributed by atoms with van der Waals surface area (Å²) in [4.78, 5) is 14.1. The second-order valence-electron chi connectivity index (χ2n) is 7.34. The molecule has 0 saturated heterocycles. The molecule has 5 rings (SSSR count). The van der Waals surface area contributed by atoms with Crippen LogP contribution >= 0.6 is 11.8 Å². The van der Waals surface area contributed by atoms with Crippen LogP contribution in [0.2, 0.25) is 0 Å². The lowest BCUT2D eigenvalue weighted by Gasteiger charge is -2.20. The molecule has 1 amide bonds. The van der Waals surface area contributed by atoms with Crippen LogP contribution in [0.15, 0.2) is 75.3 Å². The Balaban J connectivity index is 1.33. The predicted octanol–water partition coefficient (Wildman–Crippen LogP) is 4.53. The van der Waals surface area contributed by atoms with Gasteiger partial charge in [-0.25, -0.2) is 5.01 Å². The number of thioether (sulfide) groups is 1. The maximum atomic E-state index is 13.2. The van der Waals surface area contributed by atoms with Gasteiger partial charge in [0.2, 0.25) is 0 Å². The highest BCUT2D eigenvalue weighted by Crippen LogP contribution is 2.36. The fraction of sp³-hybridized carbons (Fsp3) is 0.250. The number of nitrogens with zero attached hydrogens (tertiary/aromatic N) is 2. The fourth-order valence-electron chi connectivity index (χ4n) is 3.73. The quantitative estimate of drug-likeness (QED) is 0.514. The summed E-state index contributed by atoms with van der Waals surface area (Å²) in [5.41, 5.74) is 1.80. The summed E-state index contributed by atoms with van der Waals surface area (Å²) in [6.07, 6.45) is 2.20. The Morgan fingerprint density at radius 2 is 1.94 bits per heavy atom. The topological polar surface area (TPSA) is 73.5 Å². The predicted molar refractivity (Wildman–Crippen MR) is 121 cm³/mol. The first kappa shape index (κ1) is 20.5. The summed E-state index contributed by atoms with van der Waals surface area (Å²) in [6, 6.07) is 16.8. The molecule has 3 aromatic rings. The van der Waals surface area contributed by atoms with E-state index in [-0.39, 0.29) is 17.7 Å². The molecule has 0 spiro atoms. The molecule has 164 valence electrons. The van der Waals surface area contributed by atoms with Gasteiger partial charge in [-0.1, -0.05) is 0 Å². The lowest BCUT2D eigenvalue weighted by molar-refractivity contribution is -0.130. The molecule has 0 radical (unpaired) electrons. The van der Waals surface area contributed by atoms with Crippen molar-refractivity contribution in [1.82, 2.24) is 5.01 Å². The number of methoxy groups -OCH3 is 1. The molecule has 7 nitrogen and oxygen atoms in total. The van der Waals surface area contributed by atoms with Gasteiger partial charge >= 0.3 is 0 Å². The largest absolute Gasteiger partial charge is 0.497 e. The first-order valence-corrected chi connectivity index (χ1v) is 11.3. The van der Waals surface area contributed by atoms with Gasteiger partial charge in [-0.3, -0.25) is 4.79 Å². The molecule has 2 aliphatic rings. The van der Waals surface area contributed by atoms with Crippen molar-refractivity contribution in [3.8, 4) is 17.2 Å². The van der Waals surface area contributed by atoms with Gasteiger partial charge in [0, 0.05) is 11.3 Å². The van der Waals surface area contributed by atoms with Crippen molar-refractivity contribution < 1.29 is 23.4 Å². The monoisotopic (exact) mass is 450 g/mol. The average Bonchev–Trinajstić information content (AvgIpc) is 3.53. The van der Waals surface area contributed by atoms with E-state index in [1.807, 2.05) is 54.6 Å². The van der Waals surface area contributed by atoms with Gasteiger partial charge in [0.1, 0.15) is 30.8 Å². The second-order valence-corrected chi connectivity index (χ2v) is 8.39. The van der Waals surface area contributed by atoms with Gasteiger partial charge in [0.05, 0.1) is 24.8 Å². The number of amides is 1. The van der Waals surface area contributed by atoms with E-state index < -0.39 is 0 Å². The Labute approximate surface area is 189 Å². The van der Waals surface area contributed by atoms with Gasteiger partial charge < -0.3 is 18.6 Å². The third-order valence-corrected chi connectivity index (χ3v) is 6.32. The molecule has 0 saturated carbocycles. The minimum atomic E-state index is -0.268. The van der Waals surface area contributed by atoms with Crippen LogP contribution in [-0.2, 0) is 4.79 Å². The van der Waals surface area contributed by atoms with Crippen LogP contribution in [-0.4, -0.2) is 42.7 Å². The maximum absolute atomic E-state index is 13.2. The molecule has 1 atom stereocenters. The standard InChI is InChI=1S/C24H22N2O5S/c1-28-17-6-4-16(5-7-17)19-14-20(21-3-2-10-29-21)26(25-19)24(27)15-32-18-8-9-22-23(13-18)31-12-11-30-22/h2-10,13,20H,11-12,14-15H2,1H3/t20-/m0/s1. The molecule has 0 N–H and O–H groups in total. The molecule has 0 fully saturated rings. The van der Waals surface area contributed by atoms with E-state index in [4.69, 9.17) is 18.6 Å². The number of hydrazone groups is 1. The van der Waals surface area contributed by atoms with Crippen LogP contribution in [0.5, 0.6) is 17.2 Å². The number of hydrogen-bond donors (Lipinski definition) is 0. The van der Waals surface area contributed by atoms with E-state index in [1.165, 1.54) is 11.8 Å². The number of rotatable bonds is 6. The van der Waals surface area contributed by atoms with Gasteiger partial charge in [-0.2, -0.15) is 5.10 Å². The number of carbonyl (C=O) groups excluding carboxylic acids is 1. The smallest absolute Gasteiger partial charge is 0.253 e. The SMILES string of the molecule is COc1ccc(C2=NN(C(=O)CSc3ccc4c(c3)OCCO4)[C@H](c3ccco3)C2)cc1. The van der Waals surface area contributed by atoms with Crippen molar-refractivity contribution >= 4 is 23.4 Å². The molecule has 2 aliphatic heterocycles. The first-order valence-electron chi connectivity index (χ1n) is 10.3. The Morgan fingerprint density at radius 1 is 1.12 bits per heavy atom. The third-order valence-electron chi connectivity index (χ3n) is 5.34. The normalized spacial score (nSPS) is 17.2. The molecular weight excluding hydrogens is 428 g/mol. The van der Waals surface area contributed by atoms with Crippen molar-refractivity contribution in [2.75, 3.05) is 26.1 Å². The van der Waals surface area contributed by atoms with E-state index in [0.717, 1.165) is 33.4 Å². The molecule has 2 aromatic carbocycles. The lowest BCUT2D eigenvalue weighted by Crippen LogP contribution is -2.28. The van der Waals surface area contributed by atoms with Gasteiger partial charge in [-0.05, 0) is 60.2 Å². The third kappa shape index (κ3) is 4.18. The molecule has 3 heterocycles. The van der Waals surface area contributed by atoms with Crippen LogP contribution in [0, 0.1) is 0 Å².